The molecular weight excluding hydrogens is 236 g/mol. The molecule has 0 saturated heterocycles. The van der Waals surface area contributed by atoms with Crippen molar-refractivity contribution in [1.82, 2.24) is 4.98 Å². The lowest BCUT2D eigenvalue weighted by molar-refractivity contribution is -0.0767. The van der Waals surface area contributed by atoms with Gasteiger partial charge in [-0.15, -0.1) is 0 Å². The van der Waals surface area contributed by atoms with Gasteiger partial charge in [0.1, 0.15) is 0 Å². The minimum atomic E-state index is -1.59. The highest BCUT2D eigenvalue weighted by Crippen LogP contribution is 2.25. The number of primary amides is 1. The lowest BCUT2D eigenvalue weighted by atomic mass is 10.1. The molecule has 16 heavy (non-hydrogen) atoms. The van der Waals surface area contributed by atoms with Gasteiger partial charge in [0.2, 0.25) is 6.29 Å². The molecule has 88 valence electrons. The molecule has 0 aliphatic carbocycles. The average molecular weight is 247 g/mol. The Labute approximate surface area is 96.6 Å². The fourth-order valence-corrected chi connectivity index (χ4v) is 1.45. The zero-order valence-corrected chi connectivity index (χ0v) is 8.96. The topological polar surface area (TPSA) is 106 Å². The number of pyridine rings is 1. The number of aliphatic hydroxyl groups is 2. The second-order valence-electron chi connectivity index (χ2n) is 2.99. The van der Waals surface area contributed by atoms with Crippen LogP contribution in [0.1, 0.15) is 11.6 Å². The number of rotatable bonds is 4. The predicted octanol–water partition coefficient (Wildman–Crippen LogP) is 0.225. The molecule has 4 N–H and O–H groups in total. The lowest BCUT2D eigenvalue weighted by Crippen LogP contribution is -2.30. The molecule has 1 aromatic rings. The highest BCUT2D eigenvalue weighted by atomic mass is 35.5. The molecule has 0 aliphatic heterocycles. The van der Waals surface area contributed by atoms with E-state index in [1.807, 2.05) is 0 Å². The van der Waals surface area contributed by atoms with E-state index in [1.54, 1.807) is 12.1 Å². The van der Waals surface area contributed by atoms with Crippen LogP contribution in [0.2, 0.25) is 5.02 Å². The zero-order chi connectivity index (χ0) is 12.1. The van der Waals surface area contributed by atoms with Crippen molar-refractivity contribution in [2.24, 2.45) is 5.73 Å². The fraction of sp³-hybridized carbons (Fsp3) is 0.333. The van der Waals surface area contributed by atoms with E-state index in [9.17, 15) is 9.90 Å². The number of aromatic nitrogens is 1. The van der Waals surface area contributed by atoms with Crippen molar-refractivity contribution in [3.05, 3.63) is 29.0 Å². The minimum absolute atomic E-state index is 0.236. The molecule has 1 aromatic heterocycles. The Kier molecular flexibility index (Phi) is 4.48. The van der Waals surface area contributed by atoms with Gasteiger partial charge in [0, 0.05) is 6.20 Å². The molecule has 0 fully saturated rings. The van der Waals surface area contributed by atoms with Crippen LogP contribution in [0.3, 0.4) is 0 Å². The van der Waals surface area contributed by atoms with E-state index >= 15 is 0 Å². The van der Waals surface area contributed by atoms with E-state index in [1.165, 1.54) is 6.20 Å². The van der Waals surface area contributed by atoms with E-state index in [2.05, 4.69) is 9.72 Å². The highest BCUT2D eigenvalue weighted by molar-refractivity contribution is 6.31. The second-order valence-corrected chi connectivity index (χ2v) is 3.39. The summed E-state index contributed by atoms with van der Waals surface area (Å²) in [6.07, 6.45) is -1.28. The van der Waals surface area contributed by atoms with Gasteiger partial charge < -0.3 is 20.7 Å². The number of hydrogen-bond acceptors (Lipinski definition) is 5. The molecule has 7 heteroatoms. The maximum atomic E-state index is 10.5. The van der Waals surface area contributed by atoms with E-state index in [0.717, 1.165) is 0 Å². The summed E-state index contributed by atoms with van der Waals surface area (Å²) in [5.41, 5.74) is 4.98. The number of nitrogens with zero attached hydrogens (tertiary/aromatic N) is 1. The van der Waals surface area contributed by atoms with Crippen molar-refractivity contribution in [3.8, 4) is 0 Å². The van der Waals surface area contributed by atoms with Crippen molar-refractivity contribution in [1.29, 1.82) is 0 Å². The first-order chi connectivity index (χ1) is 7.56. The number of carbonyl (C=O) groups excluding carboxylic acids is 1. The first-order valence-electron chi connectivity index (χ1n) is 4.41. The lowest BCUT2D eigenvalue weighted by Gasteiger charge is -2.20. The summed E-state index contributed by atoms with van der Waals surface area (Å²) in [5, 5.41) is 18.8. The quantitative estimate of drug-likeness (QED) is 0.659. The average Bonchev–Trinajstić information content (AvgIpc) is 2.20. The molecule has 0 aromatic carbocycles. The van der Waals surface area contributed by atoms with Gasteiger partial charge in [-0.25, -0.2) is 4.79 Å². The number of aliphatic hydroxyl groups excluding tert-OH is 2. The molecule has 1 rings (SSSR count). The number of nitrogens with two attached hydrogens (primary N) is 1. The predicted molar refractivity (Wildman–Crippen MR) is 55.7 cm³/mol. The number of ether oxygens (including phenoxy) is 1. The van der Waals surface area contributed by atoms with Gasteiger partial charge in [-0.1, -0.05) is 11.6 Å². The van der Waals surface area contributed by atoms with Crippen LogP contribution < -0.4 is 5.73 Å². The molecule has 1 amide bonds. The molecule has 0 unspecified atom stereocenters. The summed E-state index contributed by atoms with van der Waals surface area (Å²) in [6, 6.07) is 3.14. The Morgan fingerprint density at radius 2 is 2.38 bits per heavy atom. The molecule has 0 spiro atoms. The van der Waals surface area contributed by atoms with Crippen LogP contribution in [-0.4, -0.2) is 34.2 Å². The second kappa shape index (κ2) is 5.64. The van der Waals surface area contributed by atoms with Gasteiger partial charge >= 0.3 is 6.09 Å². The molecule has 1 heterocycles. The summed E-state index contributed by atoms with van der Waals surface area (Å²) in [5.74, 6) is -0.929. The molecule has 0 aliphatic rings. The maximum absolute atomic E-state index is 10.5. The van der Waals surface area contributed by atoms with Gasteiger partial charge in [0.25, 0.3) is 0 Å². The zero-order valence-electron chi connectivity index (χ0n) is 8.21. The minimum Gasteiger partial charge on any atom is -0.419 e. The van der Waals surface area contributed by atoms with Crippen molar-refractivity contribution in [2.75, 3.05) is 6.61 Å². The Balaban J connectivity index is 2.90. The normalized spacial score (nSPS) is 14.2. The Morgan fingerprint density at radius 3 is 2.88 bits per heavy atom. The first kappa shape index (κ1) is 12.7. The van der Waals surface area contributed by atoms with Crippen molar-refractivity contribution < 1.29 is 19.7 Å². The van der Waals surface area contributed by atoms with Crippen molar-refractivity contribution >= 4 is 17.7 Å². The van der Waals surface area contributed by atoms with Crippen LogP contribution >= 0.6 is 11.6 Å². The third-order valence-electron chi connectivity index (χ3n) is 1.92. The van der Waals surface area contributed by atoms with Gasteiger partial charge in [0.05, 0.1) is 23.2 Å². The van der Waals surface area contributed by atoms with Crippen LogP contribution in [-0.2, 0) is 4.74 Å². The molecule has 0 radical (unpaired) electrons. The Hall–Kier alpha value is -1.37. The van der Waals surface area contributed by atoms with Crippen LogP contribution in [0.25, 0.3) is 0 Å². The highest BCUT2D eigenvalue weighted by Gasteiger charge is 2.26. The van der Waals surface area contributed by atoms with E-state index in [-0.39, 0.29) is 10.7 Å². The third-order valence-corrected chi connectivity index (χ3v) is 2.24. The Bertz CT molecular complexity index is 374. The number of halogens is 1. The van der Waals surface area contributed by atoms with Crippen LogP contribution in [0.5, 0.6) is 0 Å². The van der Waals surface area contributed by atoms with Gasteiger partial charge in [0.15, 0.2) is 0 Å². The van der Waals surface area contributed by atoms with Crippen LogP contribution in [0, 0.1) is 0 Å². The molecule has 2 atom stereocenters. The summed E-state index contributed by atoms with van der Waals surface area (Å²) in [6.45, 7) is -0.481. The smallest absolute Gasteiger partial charge is 0.406 e. The van der Waals surface area contributed by atoms with Gasteiger partial charge in [-0.3, -0.25) is 4.98 Å². The van der Waals surface area contributed by atoms with E-state index < -0.39 is 24.9 Å². The van der Waals surface area contributed by atoms with Crippen LogP contribution in [0.4, 0.5) is 4.79 Å². The van der Waals surface area contributed by atoms with Crippen molar-refractivity contribution in [2.45, 2.75) is 12.2 Å². The van der Waals surface area contributed by atoms with Gasteiger partial charge in [-0.2, -0.15) is 0 Å². The standard InChI is InChI=1S/C9H11ClN2O4/c10-6-2-1-3-12-7(6)5(4-13)8(14)16-9(11)15/h1-3,5,8,13-14H,4H2,(H2,11,15)/t5-,8+/m0/s1. The SMILES string of the molecule is NC(=O)O[C@@H](O)[C@@H](CO)c1ncccc1Cl. The molecular formula is C9H11ClN2O4. The molecule has 6 nitrogen and oxygen atoms in total. The Morgan fingerprint density at radius 1 is 1.69 bits per heavy atom. The molecule has 0 bridgehead atoms. The van der Waals surface area contributed by atoms with Crippen LogP contribution in [0.15, 0.2) is 18.3 Å². The van der Waals surface area contributed by atoms with E-state index in [0.29, 0.717) is 0 Å². The van der Waals surface area contributed by atoms with E-state index in [4.69, 9.17) is 22.4 Å². The number of hydrogen-bond donors (Lipinski definition) is 3. The number of carbonyl (C=O) groups is 1. The third kappa shape index (κ3) is 3.06. The summed E-state index contributed by atoms with van der Waals surface area (Å²) in [4.78, 5) is 14.3. The number of amides is 1. The monoisotopic (exact) mass is 246 g/mol. The summed E-state index contributed by atoms with van der Waals surface area (Å²) >= 11 is 5.82. The fourth-order valence-electron chi connectivity index (χ4n) is 1.18. The van der Waals surface area contributed by atoms with Crippen molar-refractivity contribution in [3.63, 3.8) is 0 Å². The summed E-state index contributed by atoms with van der Waals surface area (Å²) in [7, 11) is 0. The molecule has 0 saturated carbocycles. The largest absolute Gasteiger partial charge is 0.419 e. The first-order valence-corrected chi connectivity index (χ1v) is 4.79. The maximum Gasteiger partial charge on any atom is 0.406 e. The van der Waals surface area contributed by atoms with Gasteiger partial charge in [-0.05, 0) is 12.1 Å². The summed E-state index contributed by atoms with van der Waals surface area (Å²) < 4.78 is 4.35.